The van der Waals surface area contributed by atoms with E-state index in [2.05, 4.69) is 23.9 Å². The molecule has 4 heteroatoms. The van der Waals surface area contributed by atoms with Crippen LogP contribution in [0.4, 0.5) is 0 Å². The van der Waals surface area contributed by atoms with Crippen LogP contribution < -0.4 is 0 Å². The Morgan fingerprint density at radius 1 is 1.50 bits per heavy atom. The van der Waals surface area contributed by atoms with E-state index in [0.29, 0.717) is 11.1 Å². The first-order valence-electron chi connectivity index (χ1n) is 7.38. The number of halogens is 1. The summed E-state index contributed by atoms with van der Waals surface area (Å²) in [4.78, 5) is 4.75. The summed E-state index contributed by atoms with van der Waals surface area (Å²) in [6, 6.07) is 8.17. The Labute approximate surface area is 127 Å². The first-order chi connectivity index (χ1) is 9.56. The average molecular weight is 297 g/mol. The molecule has 0 saturated carbocycles. The van der Waals surface area contributed by atoms with E-state index in [9.17, 15) is 5.11 Å². The second kappa shape index (κ2) is 7.41. The van der Waals surface area contributed by atoms with Crippen LogP contribution in [-0.4, -0.2) is 54.7 Å². The second-order valence-electron chi connectivity index (χ2n) is 5.90. The molecule has 1 aromatic carbocycles. The van der Waals surface area contributed by atoms with Crippen molar-refractivity contribution in [2.75, 3.05) is 33.7 Å². The predicted molar refractivity (Wildman–Crippen MR) is 84.2 cm³/mol. The van der Waals surface area contributed by atoms with Crippen molar-refractivity contribution in [2.45, 2.75) is 31.4 Å². The van der Waals surface area contributed by atoms with Gasteiger partial charge in [0, 0.05) is 24.2 Å². The van der Waals surface area contributed by atoms with E-state index in [0.717, 1.165) is 25.1 Å². The third-order valence-corrected chi connectivity index (χ3v) is 4.45. The molecule has 1 aliphatic heterocycles. The van der Waals surface area contributed by atoms with E-state index in [1.807, 2.05) is 24.3 Å². The number of benzene rings is 1. The number of nitrogens with zero attached hydrogens (tertiary/aromatic N) is 2. The maximum Gasteiger partial charge on any atom is 0.0802 e. The van der Waals surface area contributed by atoms with Gasteiger partial charge in [-0.1, -0.05) is 23.7 Å². The zero-order valence-corrected chi connectivity index (χ0v) is 13.2. The summed E-state index contributed by atoms with van der Waals surface area (Å²) < 4.78 is 0. The molecule has 0 bridgehead atoms. The third-order valence-electron chi connectivity index (χ3n) is 4.21. The Morgan fingerprint density at radius 3 is 2.95 bits per heavy atom. The fraction of sp³-hybridized carbons (Fsp3) is 0.625. The van der Waals surface area contributed by atoms with Crippen LogP contribution in [0.15, 0.2) is 24.3 Å². The van der Waals surface area contributed by atoms with Crippen molar-refractivity contribution in [3.8, 4) is 0 Å². The zero-order valence-electron chi connectivity index (χ0n) is 12.4. The Balaban J connectivity index is 1.76. The van der Waals surface area contributed by atoms with Crippen molar-refractivity contribution in [1.29, 1.82) is 0 Å². The van der Waals surface area contributed by atoms with Gasteiger partial charge in [-0.3, -0.25) is 0 Å². The van der Waals surface area contributed by atoms with Gasteiger partial charge < -0.3 is 14.9 Å². The second-order valence-corrected chi connectivity index (χ2v) is 6.33. The molecule has 2 rings (SSSR count). The lowest BCUT2D eigenvalue weighted by atomic mass is 10.1. The fourth-order valence-corrected chi connectivity index (χ4v) is 3.08. The molecule has 1 saturated heterocycles. The first kappa shape index (κ1) is 15.8. The summed E-state index contributed by atoms with van der Waals surface area (Å²) in [6.45, 7) is 3.19. The van der Waals surface area contributed by atoms with Gasteiger partial charge in [-0.25, -0.2) is 0 Å². The average Bonchev–Trinajstić information content (AvgIpc) is 2.81. The molecule has 0 aromatic heterocycles. The highest BCUT2D eigenvalue weighted by Gasteiger charge is 2.22. The minimum atomic E-state index is -0.433. The minimum Gasteiger partial charge on any atom is -0.388 e. The van der Waals surface area contributed by atoms with Gasteiger partial charge in [0.05, 0.1) is 6.10 Å². The van der Waals surface area contributed by atoms with Crippen LogP contribution in [0.3, 0.4) is 0 Å². The van der Waals surface area contributed by atoms with E-state index in [-0.39, 0.29) is 0 Å². The molecule has 1 heterocycles. The molecule has 0 spiro atoms. The van der Waals surface area contributed by atoms with Gasteiger partial charge in [-0.15, -0.1) is 0 Å². The quantitative estimate of drug-likeness (QED) is 0.874. The molecule has 2 unspecified atom stereocenters. The number of likely N-dealkylation sites (N-methyl/N-ethyl adjacent to an activating group) is 2. The summed E-state index contributed by atoms with van der Waals surface area (Å²) in [5, 5.41) is 10.9. The number of hydrogen-bond acceptors (Lipinski definition) is 3. The van der Waals surface area contributed by atoms with Gasteiger partial charge in [-0.05, 0) is 57.6 Å². The molecule has 1 N–H and O–H groups in total. The van der Waals surface area contributed by atoms with Gasteiger partial charge in [0.25, 0.3) is 0 Å². The highest BCUT2D eigenvalue weighted by molar-refractivity contribution is 6.30. The zero-order chi connectivity index (χ0) is 14.5. The van der Waals surface area contributed by atoms with Crippen molar-refractivity contribution in [1.82, 2.24) is 9.80 Å². The van der Waals surface area contributed by atoms with Crippen molar-refractivity contribution >= 4 is 11.6 Å². The summed E-state index contributed by atoms with van der Waals surface area (Å²) >= 11 is 5.95. The number of likely N-dealkylation sites (tertiary alicyclic amines) is 1. The summed E-state index contributed by atoms with van der Waals surface area (Å²) in [7, 11) is 4.34. The topological polar surface area (TPSA) is 26.7 Å². The van der Waals surface area contributed by atoms with Gasteiger partial charge >= 0.3 is 0 Å². The number of rotatable bonds is 6. The summed E-state index contributed by atoms with van der Waals surface area (Å²) in [6.07, 6.45) is 2.91. The first-order valence-corrected chi connectivity index (χ1v) is 7.76. The van der Waals surface area contributed by atoms with Gasteiger partial charge in [0.15, 0.2) is 0 Å². The molecule has 1 aliphatic rings. The van der Waals surface area contributed by atoms with Crippen LogP contribution in [-0.2, 0) is 0 Å². The van der Waals surface area contributed by atoms with Crippen molar-refractivity contribution in [2.24, 2.45) is 0 Å². The number of aliphatic hydroxyl groups excluding tert-OH is 1. The molecule has 0 amide bonds. The molecular weight excluding hydrogens is 272 g/mol. The Hall–Kier alpha value is -0.610. The third kappa shape index (κ3) is 4.45. The van der Waals surface area contributed by atoms with Crippen molar-refractivity contribution in [3.05, 3.63) is 34.9 Å². The maximum atomic E-state index is 10.2. The molecule has 2 atom stereocenters. The van der Waals surface area contributed by atoms with Crippen molar-refractivity contribution in [3.63, 3.8) is 0 Å². The predicted octanol–water partition coefficient (Wildman–Crippen LogP) is 2.79. The summed E-state index contributed by atoms with van der Waals surface area (Å²) in [5.41, 5.74) is 0.906. The fourth-order valence-electron chi connectivity index (χ4n) is 2.88. The largest absolute Gasteiger partial charge is 0.388 e. The molecule has 1 aromatic rings. The normalized spacial score (nSPS) is 21.6. The van der Waals surface area contributed by atoms with Gasteiger partial charge in [0.2, 0.25) is 0 Å². The lowest BCUT2D eigenvalue weighted by molar-refractivity contribution is 0.140. The van der Waals surface area contributed by atoms with E-state index in [4.69, 9.17) is 11.6 Å². The van der Waals surface area contributed by atoms with Crippen LogP contribution in [0.5, 0.6) is 0 Å². The van der Waals surface area contributed by atoms with E-state index >= 15 is 0 Å². The molecule has 3 nitrogen and oxygen atoms in total. The highest BCUT2D eigenvalue weighted by atomic mass is 35.5. The smallest absolute Gasteiger partial charge is 0.0802 e. The summed E-state index contributed by atoms with van der Waals surface area (Å²) in [5.74, 6) is 0. The highest BCUT2D eigenvalue weighted by Crippen LogP contribution is 2.21. The van der Waals surface area contributed by atoms with E-state index in [1.165, 1.54) is 19.4 Å². The molecular formula is C16H25ClN2O. The molecule has 1 fully saturated rings. The van der Waals surface area contributed by atoms with Crippen LogP contribution in [0.25, 0.3) is 0 Å². The van der Waals surface area contributed by atoms with Crippen LogP contribution in [0, 0.1) is 0 Å². The van der Waals surface area contributed by atoms with Crippen LogP contribution in [0.1, 0.15) is 30.9 Å². The maximum absolute atomic E-state index is 10.2. The number of aliphatic hydroxyl groups is 1. The van der Waals surface area contributed by atoms with Crippen molar-refractivity contribution < 1.29 is 5.11 Å². The molecule has 20 heavy (non-hydrogen) atoms. The van der Waals surface area contributed by atoms with Crippen LogP contribution in [0.2, 0.25) is 5.02 Å². The standard InChI is InChI=1S/C16H25ClN2O/c1-18(12-15-7-4-9-19(15)2)10-8-16(20)13-5-3-6-14(17)11-13/h3,5-6,11,15-16,20H,4,7-10,12H2,1-2H3. The monoisotopic (exact) mass is 296 g/mol. The van der Waals surface area contributed by atoms with E-state index < -0.39 is 6.10 Å². The SMILES string of the molecule is CN(CCC(O)c1cccc(Cl)c1)CC1CCCN1C. The number of hydrogen-bond donors (Lipinski definition) is 1. The Kier molecular flexibility index (Phi) is 5.85. The minimum absolute atomic E-state index is 0.433. The van der Waals surface area contributed by atoms with E-state index in [1.54, 1.807) is 0 Å². The molecule has 0 aliphatic carbocycles. The van der Waals surface area contributed by atoms with Gasteiger partial charge in [-0.2, -0.15) is 0 Å². The lowest BCUT2D eigenvalue weighted by Gasteiger charge is -2.26. The van der Waals surface area contributed by atoms with Gasteiger partial charge in [0.1, 0.15) is 0 Å². The van der Waals surface area contributed by atoms with Crippen LogP contribution >= 0.6 is 11.6 Å². The molecule has 0 radical (unpaired) electrons. The lowest BCUT2D eigenvalue weighted by Crippen LogP contribution is -2.37. The Morgan fingerprint density at radius 2 is 2.30 bits per heavy atom. The Bertz CT molecular complexity index is 427. The molecule has 112 valence electrons.